The van der Waals surface area contributed by atoms with Crippen LogP contribution in [0.4, 0.5) is 5.95 Å². The van der Waals surface area contributed by atoms with Crippen LogP contribution in [0.15, 0.2) is 6.07 Å². The second-order valence-corrected chi connectivity index (χ2v) is 6.16. The number of ether oxygens (including phenoxy) is 1. The molecule has 2 rings (SSSR count). The van der Waals surface area contributed by atoms with Gasteiger partial charge in [0, 0.05) is 37.9 Å². The Bertz CT molecular complexity index is 541. The minimum atomic E-state index is -0.429. The highest BCUT2D eigenvalue weighted by molar-refractivity contribution is 5.82. The second-order valence-electron chi connectivity index (χ2n) is 6.16. The lowest BCUT2D eigenvalue weighted by atomic mass is 10.0. The highest BCUT2D eigenvalue weighted by Gasteiger charge is 2.27. The summed E-state index contributed by atoms with van der Waals surface area (Å²) >= 11 is 0. The summed E-state index contributed by atoms with van der Waals surface area (Å²) in [5, 5.41) is 0. The number of carbonyl (C=O) groups is 1. The Morgan fingerprint density at radius 2 is 1.96 bits per heavy atom. The molecule has 0 spiro atoms. The molecule has 0 aromatic carbocycles. The SMILES string of the molecule is CCOc1cc(C)nc(N2CCN(C(=O)[C@@H](N)C(C)C)CC2)n1. The van der Waals surface area contributed by atoms with E-state index in [1.165, 1.54) is 0 Å². The summed E-state index contributed by atoms with van der Waals surface area (Å²) in [4.78, 5) is 25.1. The standard InChI is InChI=1S/C16H27N5O2/c1-5-23-13-10-12(4)18-16(19-13)21-8-6-20(7-9-21)15(22)14(17)11(2)3/h10-11,14H,5-9,17H2,1-4H3/t14-/m0/s1. The van der Waals surface area contributed by atoms with Gasteiger partial charge < -0.3 is 20.3 Å². The number of nitrogens with two attached hydrogens (primary N) is 1. The number of aromatic nitrogens is 2. The number of hydrogen-bond donors (Lipinski definition) is 1. The lowest BCUT2D eigenvalue weighted by Gasteiger charge is -2.36. The molecule has 2 heterocycles. The summed E-state index contributed by atoms with van der Waals surface area (Å²) in [6.07, 6.45) is 0. The number of carbonyl (C=O) groups excluding carboxylic acids is 1. The Morgan fingerprint density at radius 3 is 2.52 bits per heavy atom. The van der Waals surface area contributed by atoms with Crippen molar-refractivity contribution >= 4 is 11.9 Å². The topological polar surface area (TPSA) is 84.6 Å². The third-order valence-electron chi connectivity index (χ3n) is 3.99. The summed E-state index contributed by atoms with van der Waals surface area (Å²) in [5.41, 5.74) is 6.84. The van der Waals surface area contributed by atoms with E-state index in [9.17, 15) is 4.79 Å². The summed E-state index contributed by atoms with van der Waals surface area (Å²) in [5.74, 6) is 1.43. The number of amides is 1. The van der Waals surface area contributed by atoms with Crippen LogP contribution in [0.3, 0.4) is 0 Å². The predicted molar refractivity (Wildman–Crippen MR) is 89.5 cm³/mol. The Kier molecular flexibility index (Phi) is 5.76. The molecule has 1 aromatic heterocycles. The number of hydrogen-bond acceptors (Lipinski definition) is 6. The van der Waals surface area contributed by atoms with Crippen LogP contribution in [-0.2, 0) is 4.79 Å². The number of piperazine rings is 1. The van der Waals surface area contributed by atoms with E-state index in [1.54, 1.807) is 0 Å². The minimum absolute atomic E-state index is 0.0276. The number of aryl methyl sites for hydroxylation is 1. The van der Waals surface area contributed by atoms with E-state index in [4.69, 9.17) is 10.5 Å². The Hall–Kier alpha value is -1.89. The molecule has 1 atom stereocenters. The van der Waals surface area contributed by atoms with Crippen molar-refractivity contribution in [1.29, 1.82) is 0 Å². The van der Waals surface area contributed by atoms with Gasteiger partial charge in [0.05, 0.1) is 12.6 Å². The maximum atomic E-state index is 12.3. The van der Waals surface area contributed by atoms with E-state index < -0.39 is 6.04 Å². The molecule has 0 bridgehead atoms. The highest BCUT2D eigenvalue weighted by atomic mass is 16.5. The molecule has 0 unspecified atom stereocenters. The molecule has 2 N–H and O–H groups in total. The molecular formula is C16H27N5O2. The molecule has 7 nitrogen and oxygen atoms in total. The first-order valence-electron chi connectivity index (χ1n) is 8.20. The summed E-state index contributed by atoms with van der Waals surface area (Å²) in [6.45, 7) is 11.0. The Morgan fingerprint density at radius 1 is 1.30 bits per heavy atom. The zero-order valence-electron chi connectivity index (χ0n) is 14.5. The zero-order valence-corrected chi connectivity index (χ0v) is 14.5. The summed E-state index contributed by atoms with van der Waals surface area (Å²) in [6, 6.07) is 1.40. The average Bonchev–Trinajstić information content (AvgIpc) is 2.53. The first-order valence-corrected chi connectivity index (χ1v) is 8.20. The largest absolute Gasteiger partial charge is 0.478 e. The first kappa shape index (κ1) is 17.5. The normalized spacial score (nSPS) is 16.6. The lowest BCUT2D eigenvalue weighted by molar-refractivity contribution is -0.133. The molecule has 1 saturated heterocycles. The highest BCUT2D eigenvalue weighted by Crippen LogP contribution is 2.17. The molecule has 1 fully saturated rings. The molecule has 1 aromatic rings. The summed E-state index contributed by atoms with van der Waals surface area (Å²) < 4.78 is 5.48. The molecule has 0 aliphatic carbocycles. The molecule has 128 valence electrons. The van der Waals surface area contributed by atoms with Crippen molar-refractivity contribution in [3.63, 3.8) is 0 Å². The fourth-order valence-corrected chi connectivity index (χ4v) is 2.51. The Balaban J connectivity index is 2.00. The zero-order chi connectivity index (χ0) is 17.0. The molecule has 7 heteroatoms. The van der Waals surface area contributed by atoms with Crippen LogP contribution in [0.2, 0.25) is 0 Å². The molecule has 1 amide bonds. The number of nitrogens with zero attached hydrogens (tertiary/aromatic N) is 4. The van der Waals surface area contributed by atoms with Crippen LogP contribution in [0, 0.1) is 12.8 Å². The minimum Gasteiger partial charge on any atom is -0.478 e. The summed E-state index contributed by atoms with van der Waals surface area (Å²) in [7, 11) is 0. The van der Waals surface area contributed by atoms with E-state index in [-0.39, 0.29) is 11.8 Å². The van der Waals surface area contributed by atoms with E-state index in [1.807, 2.05) is 38.7 Å². The van der Waals surface area contributed by atoms with E-state index in [2.05, 4.69) is 14.9 Å². The van der Waals surface area contributed by atoms with Gasteiger partial charge in [-0.1, -0.05) is 13.8 Å². The van der Waals surface area contributed by atoms with Crippen molar-refractivity contribution in [1.82, 2.24) is 14.9 Å². The number of rotatable bonds is 5. The van der Waals surface area contributed by atoms with Gasteiger partial charge >= 0.3 is 0 Å². The van der Waals surface area contributed by atoms with Gasteiger partial charge in [0.15, 0.2) is 0 Å². The monoisotopic (exact) mass is 321 g/mol. The van der Waals surface area contributed by atoms with Crippen molar-refractivity contribution < 1.29 is 9.53 Å². The maximum absolute atomic E-state index is 12.3. The first-order chi connectivity index (χ1) is 10.9. The smallest absolute Gasteiger partial charge is 0.239 e. The average molecular weight is 321 g/mol. The van der Waals surface area contributed by atoms with Crippen molar-refractivity contribution in [3.05, 3.63) is 11.8 Å². The van der Waals surface area contributed by atoms with Crippen LogP contribution in [-0.4, -0.2) is 59.6 Å². The predicted octanol–water partition coefficient (Wildman–Crippen LogP) is 0.816. The molecule has 0 saturated carbocycles. The quantitative estimate of drug-likeness (QED) is 0.864. The van der Waals surface area contributed by atoms with Crippen LogP contribution in [0.5, 0.6) is 5.88 Å². The van der Waals surface area contributed by atoms with Gasteiger partial charge in [0.1, 0.15) is 0 Å². The molecule has 23 heavy (non-hydrogen) atoms. The van der Waals surface area contributed by atoms with Gasteiger partial charge in [-0.15, -0.1) is 0 Å². The van der Waals surface area contributed by atoms with Crippen molar-refractivity contribution in [2.45, 2.75) is 33.7 Å². The van der Waals surface area contributed by atoms with Crippen LogP contribution < -0.4 is 15.4 Å². The van der Waals surface area contributed by atoms with Gasteiger partial charge in [0.25, 0.3) is 0 Å². The number of anilines is 1. The molecular weight excluding hydrogens is 294 g/mol. The van der Waals surface area contributed by atoms with Gasteiger partial charge in [-0.3, -0.25) is 4.79 Å². The van der Waals surface area contributed by atoms with E-state index >= 15 is 0 Å². The van der Waals surface area contributed by atoms with Gasteiger partial charge in [0.2, 0.25) is 17.7 Å². The van der Waals surface area contributed by atoms with Crippen LogP contribution >= 0.6 is 0 Å². The fraction of sp³-hybridized carbons (Fsp3) is 0.688. The van der Waals surface area contributed by atoms with Gasteiger partial charge in [-0.2, -0.15) is 4.98 Å². The maximum Gasteiger partial charge on any atom is 0.239 e. The Labute approximate surface area is 137 Å². The van der Waals surface area contributed by atoms with Crippen LogP contribution in [0.25, 0.3) is 0 Å². The third-order valence-corrected chi connectivity index (χ3v) is 3.99. The second kappa shape index (κ2) is 7.59. The lowest BCUT2D eigenvalue weighted by Crippen LogP contribution is -2.54. The van der Waals surface area contributed by atoms with E-state index in [0.29, 0.717) is 44.6 Å². The van der Waals surface area contributed by atoms with Gasteiger partial charge in [-0.25, -0.2) is 4.98 Å². The van der Waals surface area contributed by atoms with Crippen LogP contribution in [0.1, 0.15) is 26.5 Å². The fourth-order valence-electron chi connectivity index (χ4n) is 2.51. The van der Waals surface area contributed by atoms with Gasteiger partial charge in [-0.05, 0) is 19.8 Å². The van der Waals surface area contributed by atoms with Crippen molar-refractivity contribution in [2.24, 2.45) is 11.7 Å². The van der Waals surface area contributed by atoms with E-state index in [0.717, 1.165) is 5.69 Å². The molecule has 1 aliphatic heterocycles. The van der Waals surface area contributed by atoms with Crippen molar-refractivity contribution in [2.75, 3.05) is 37.7 Å². The van der Waals surface area contributed by atoms with Crippen molar-refractivity contribution in [3.8, 4) is 5.88 Å². The molecule has 1 aliphatic rings. The third kappa shape index (κ3) is 4.31. The molecule has 0 radical (unpaired) electrons.